The molecule has 2 aromatic carbocycles. The summed E-state index contributed by atoms with van der Waals surface area (Å²) in [7, 11) is 3.04. The Balaban J connectivity index is 1.81. The fourth-order valence-electron chi connectivity index (χ4n) is 2.65. The highest BCUT2D eigenvalue weighted by atomic mass is 35.5. The molecule has 1 amide bonds. The Morgan fingerprint density at radius 3 is 2.64 bits per heavy atom. The summed E-state index contributed by atoms with van der Waals surface area (Å²) >= 11 is 6.13. The SMILES string of the molecule is COc1cc(OC)c(NC(=O)Cc2coc3cc(C)ccc23)cc1Cl. The van der Waals surface area contributed by atoms with Gasteiger partial charge in [0.05, 0.1) is 37.6 Å². The maximum Gasteiger partial charge on any atom is 0.229 e. The van der Waals surface area contributed by atoms with Gasteiger partial charge in [-0.3, -0.25) is 4.79 Å². The van der Waals surface area contributed by atoms with Gasteiger partial charge in [-0.1, -0.05) is 23.7 Å². The van der Waals surface area contributed by atoms with E-state index in [1.165, 1.54) is 14.2 Å². The molecule has 3 rings (SSSR count). The van der Waals surface area contributed by atoms with Gasteiger partial charge in [0.25, 0.3) is 0 Å². The van der Waals surface area contributed by atoms with Crippen molar-refractivity contribution in [1.82, 2.24) is 0 Å². The molecule has 0 fully saturated rings. The molecule has 0 radical (unpaired) electrons. The van der Waals surface area contributed by atoms with E-state index in [9.17, 15) is 4.79 Å². The Bertz CT molecular complexity index is 933. The van der Waals surface area contributed by atoms with Gasteiger partial charge in [0.15, 0.2) is 0 Å². The number of carbonyl (C=O) groups excluding carboxylic acids is 1. The molecule has 0 aliphatic heterocycles. The molecule has 3 aromatic rings. The summed E-state index contributed by atoms with van der Waals surface area (Å²) in [4.78, 5) is 12.4. The van der Waals surface area contributed by atoms with Gasteiger partial charge in [0, 0.05) is 17.0 Å². The van der Waals surface area contributed by atoms with Crippen molar-refractivity contribution in [2.24, 2.45) is 0 Å². The Labute approximate surface area is 150 Å². The molecule has 0 atom stereocenters. The first-order valence-electron chi connectivity index (χ1n) is 7.70. The number of nitrogens with one attached hydrogen (secondary N) is 1. The number of hydrogen-bond donors (Lipinski definition) is 1. The van der Waals surface area contributed by atoms with Gasteiger partial charge in [0.1, 0.15) is 17.1 Å². The van der Waals surface area contributed by atoms with Crippen molar-refractivity contribution in [3.63, 3.8) is 0 Å². The molecule has 5 nitrogen and oxygen atoms in total. The van der Waals surface area contributed by atoms with Gasteiger partial charge >= 0.3 is 0 Å². The number of fused-ring (bicyclic) bond motifs is 1. The van der Waals surface area contributed by atoms with Crippen LogP contribution in [0.4, 0.5) is 5.69 Å². The van der Waals surface area contributed by atoms with Crippen LogP contribution in [0.2, 0.25) is 5.02 Å². The van der Waals surface area contributed by atoms with Crippen LogP contribution < -0.4 is 14.8 Å². The van der Waals surface area contributed by atoms with Crippen LogP contribution in [0.5, 0.6) is 11.5 Å². The third-order valence-corrected chi connectivity index (χ3v) is 4.21. The van der Waals surface area contributed by atoms with Crippen molar-refractivity contribution < 1.29 is 18.7 Å². The number of carbonyl (C=O) groups is 1. The quantitative estimate of drug-likeness (QED) is 0.723. The summed E-state index contributed by atoms with van der Waals surface area (Å²) < 4.78 is 16.0. The van der Waals surface area contributed by atoms with Crippen molar-refractivity contribution in [2.75, 3.05) is 19.5 Å². The number of halogens is 1. The maximum absolute atomic E-state index is 12.4. The summed E-state index contributed by atoms with van der Waals surface area (Å²) in [5, 5.41) is 4.14. The molecule has 0 aliphatic carbocycles. The monoisotopic (exact) mass is 359 g/mol. The molecule has 0 bridgehead atoms. The van der Waals surface area contributed by atoms with E-state index in [4.69, 9.17) is 25.5 Å². The number of aryl methyl sites for hydroxylation is 1. The van der Waals surface area contributed by atoms with E-state index in [0.717, 1.165) is 22.1 Å². The van der Waals surface area contributed by atoms with Gasteiger partial charge in [-0.25, -0.2) is 0 Å². The predicted molar refractivity (Wildman–Crippen MR) is 97.8 cm³/mol. The van der Waals surface area contributed by atoms with Crippen molar-refractivity contribution in [3.8, 4) is 11.5 Å². The lowest BCUT2D eigenvalue weighted by atomic mass is 10.1. The Kier molecular flexibility index (Phi) is 4.86. The molecule has 0 spiro atoms. The van der Waals surface area contributed by atoms with Crippen LogP contribution in [0.3, 0.4) is 0 Å². The van der Waals surface area contributed by atoms with Crippen LogP contribution in [0.15, 0.2) is 41.0 Å². The zero-order valence-electron chi connectivity index (χ0n) is 14.2. The molecule has 1 N–H and O–H groups in total. The first-order valence-corrected chi connectivity index (χ1v) is 8.07. The van der Waals surface area contributed by atoms with Crippen molar-refractivity contribution in [1.29, 1.82) is 0 Å². The van der Waals surface area contributed by atoms with Crippen LogP contribution >= 0.6 is 11.6 Å². The Morgan fingerprint density at radius 1 is 1.16 bits per heavy atom. The molecular formula is C19H18ClNO4. The van der Waals surface area contributed by atoms with Gasteiger partial charge in [-0.05, 0) is 24.6 Å². The molecule has 0 aliphatic rings. The average molecular weight is 360 g/mol. The highest BCUT2D eigenvalue weighted by molar-refractivity contribution is 6.32. The van der Waals surface area contributed by atoms with Gasteiger partial charge in [-0.15, -0.1) is 0 Å². The van der Waals surface area contributed by atoms with Gasteiger partial charge in [-0.2, -0.15) is 0 Å². The second-order valence-electron chi connectivity index (χ2n) is 5.67. The third kappa shape index (κ3) is 3.56. The molecule has 1 heterocycles. The first-order chi connectivity index (χ1) is 12.0. The van der Waals surface area contributed by atoms with Gasteiger partial charge < -0.3 is 19.2 Å². The van der Waals surface area contributed by atoms with E-state index in [1.54, 1.807) is 18.4 Å². The molecule has 0 unspecified atom stereocenters. The van der Waals surface area contributed by atoms with Crippen LogP contribution in [-0.4, -0.2) is 20.1 Å². The lowest BCUT2D eigenvalue weighted by Gasteiger charge is -2.13. The van der Waals surface area contributed by atoms with Crippen molar-refractivity contribution >= 4 is 34.2 Å². The number of anilines is 1. The average Bonchev–Trinajstić information content (AvgIpc) is 2.97. The van der Waals surface area contributed by atoms with Gasteiger partial charge in [0.2, 0.25) is 5.91 Å². The number of furan rings is 1. The van der Waals surface area contributed by atoms with Crippen LogP contribution in [0.25, 0.3) is 11.0 Å². The Hall–Kier alpha value is -2.66. The molecular weight excluding hydrogens is 342 g/mol. The fourth-order valence-corrected chi connectivity index (χ4v) is 2.89. The van der Waals surface area contributed by atoms with Crippen LogP contribution in [0, 0.1) is 6.92 Å². The number of rotatable bonds is 5. The first kappa shape index (κ1) is 17.2. The predicted octanol–water partition coefficient (Wildman–Crippen LogP) is 4.59. The number of hydrogen-bond acceptors (Lipinski definition) is 4. The number of methoxy groups -OCH3 is 2. The van der Waals surface area contributed by atoms with Crippen LogP contribution in [0.1, 0.15) is 11.1 Å². The highest BCUT2D eigenvalue weighted by Gasteiger charge is 2.15. The number of amides is 1. The summed E-state index contributed by atoms with van der Waals surface area (Å²) in [6.45, 7) is 1.99. The molecule has 0 saturated carbocycles. The summed E-state index contributed by atoms with van der Waals surface area (Å²) in [5.41, 5.74) is 3.19. The molecule has 6 heteroatoms. The largest absolute Gasteiger partial charge is 0.495 e. The minimum Gasteiger partial charge on any atom is -0.495 e. The minimum atomic E-state index is -0.192. The minimum absolute atomic E-state index is 0.183. The number of ether oxygens (including phenoxy) is 2. The molecule has 25 heavy (non-hydrogen) atoms. The second-order valence-corrected chi connectivity index (χ2v) is 6.08. The van der Waals surface area contributed by atoms with E-state index in [1.807, 2.05) is 25.1 Å². The molecule has 1 aromatic heterocycles. The topological polar surface area (TPSA) is 60.7 Å². The fraction of sp³-hybridized carbons (Fsp3) is 0.211. The highest BCUT2D eigenvalue weighted by Crippen LogP contribution is 2.36. The lowest BCUT2D eigenvalue weighted by molar-refractivity contribution is -0.115. The summed E-state index contributed by atoms with van der Waals surface area (Å²) in [5.74, 6) is 0.762. The molecule has 0 saturated heterocycles. The van der Waals surface area contributed by atoms with Crippen LogP contribution in [-0.2, 0) is 11.2 Å². The standard InChI is InChI=1S/C19H18ClNO4/c1-11-4-5-13-12(10-25-16(13)6-11)7-19(22)21-15-8-14(20)17(23-2)9-18(15)24-3/h4-6,8-10H,7H2,1-3H3,(H,21,22). The summed E-state index contributed by atoms with van der Waals surface area (Å²) in [6, 6.07) is 9.14. The van der Waals surface area contributed by atoms with E-state index >= 15 is 0 Å². The van der Waals surface area contributed by atoms with Crippen molar-refractivity contribution in [2.45, 2.75) is 13.3 Å². The molecule has 130 valence electrons. The zero-order chi connectivity index (χ0) is 18.0. The summed E-state index contributed by atoms with van der Waals surface area (Å²) in [6.07, 6.45) is 1.80. The van der Waals surface area contributed by atoms with E-state index in [-0.39, 0.29) is 12.3 Å². The zero-order valence-corrected chi connectivity index (χ0v) is 14.9. The maximum atomic E-state index is 12.4. The lowest BCUT2D eigenvalue weighted by Crippen LogP contribution is -2.15. The normalized spacial score (nSPS) is 10.7. The van der Waals surface area contributed by atoms with E-state index in [0.29, 0.717) is 22.2 Å². The smallest absolute Gasteiger partial charge is 0.229 e. The Morgan fingerprint density at radius 2 is 1.92 bits per heavy atom. The van der Waals surface area contributed by atoms with E-state index in [2.05, 4.69) is 5.32 Å². The van der Waals surface area contributed by atoms with E-state index < -0.39 is 0 Å². The third-order valence-electron chi connectivity index (χ3n) is 3.91. The number of benzene rings is 2. The second kappa shape index (κ2) is 7.07. The van der Waals surface area contributed by atoms with Crippen molar-refractivity contribution in [3.05, 3.63) is 52.7 Å².